The molecule has 7 heteroatoms. The third-order valence-corrected chi connectivity index (χ3v) is 5.70. The number of Topliss-reactive ketones (excluding diaryl/α,β-unsaturated/α-hetero) is 1. The van der Waals surface area contributed by atoms with Gasteiger partial charge in [-0.3, -0.25) is 19.8 Å². The van der Waals surface area contributed by atoms with Crippen LogP contribution in [0.2, 0.25) is 0 Å². The second-order valence-corrected chi connectivity index (χ2v) is 7.87. The van der Waals surface area contributed by atoms with Gasteiger partial charge in [-0.2, -0.15) is 0 Å². The standard InChI is InChI=1S/C23H24N2O5/c1-15-12-19(26)18(14-24-10-4-2-3-5-11-24)23-21(15)22(27)20(30-23)13-16-6-8-17(9-7-16)25(28)29/h6-9,12-13,26H,2-5,10-11,14H2,1H3/b20-13-. The number of likely N-dealkylation sites (tertiary alicyclic amines) is 1. The van der Waals surface area contributed by atoms with E-state index in [1.807, 2.05) is 0 Å². The highest BCUT2D eigenvalue weighted by Crippen LogP contribution is 2.42. The Balaban J connectivity index is 1.65. The Labute approximate surface area is 174 Å². The molecule has 30 heavy (non-hydrogen) atoms. The van der Waals surface area contributed by atoms with Gasteiger partial charge in [0, 0.05) is 18.7 Å². The van der Waals surface area contributed by atoms with E-state index in [1.54, 1.807) is 31.2 Å². The summed E-state index contributed by atoms with van der Waals surface area (Å²) in [5, 5.41) is 21.4. The minimum Gasteiger partial charge on any atom is -0.507 e. The monoisotopic (exact) mass is 408 g/mol. The molecular formula is C23H24N2O5. The fourth-order valence-electron chi connectivity index (χ4n) is 4.09. The molecular weight excluding hydrogens is 384 g/mol. The lowest BCUT2D eigenvalue weighted by molar-refractivity contribution is -0.384. The highest BCUT2D eigenvalue weighted by Gasteiger charge is 2.33. The molecule has 7 nitrogen and oxygen atoms in total. The van der Waals surface area contributed by atoms with E-state index < -0.39 is 4.92 Å². The van der Waals surface area contributed by atoms with E-state index in [4.69, 9.17) is 4.74 Å². The maximum atomic E-state index is 13.0. The molecule has 2 aliphatic heterocycles. The molecule has 2 aromatic carbocycles. The number of phenols is 1. The van der Waals surface area contributed by atoms with E-state index in [2.05, 4.69) is 4.90 Å². The number of aromatic hydroxyl groups is 1. The van der Waals surface area contributed by atoms with Crippen molar-refractivity contribution in [1.29, 1.82) is 0 Å². The van der Waals surface area contributed by atoms with Gasteiger partial charge in [0.25, 0.3) is 5.69 Å². The second kappa shape index (κ2) is 8.28. The zero-order valence-corrected chi connectivity index (χ0v) is 16.9. The number of fused-ring (bicyclic) bond motifs is 1. The van der Waals surface area contributed by atoms with Crippen molar-refractivity contribution in [2.24, 2.45) is 0 Å². The quantitative estimate of drug-likeness (QED) is 0.451. The van der Waals surface area contributed by atoms with Gasteiger partial charge in [0.1, 0.15) is 11.5 Å². The number of nitrogens with zero attached hydrogens (tertiary/aromatic N) is 2. The van der Waals surface area contributed by atoms with Crippen molar-refractivity contribution in [3.63, 3.8) is 0 Å². The Morgan fingerprint density at radius 1 is 1.17 bits per heavy atom. The zero-order chi connectivity index (χ0) is 21.3. The Kier molecular flexibility index (Phi) is 5.55. The summed E-state index contributed by atoms with van der Waals surface area (Å²) in [6.07, 6.45) is 6.26. The lowest BCUT2D eigenvalue weighted by Crippen LogP contribution is -2.24. The van der Waals surface area contributed by atoms with Gasteiger partial charge in [0.15, 0.2) is 5.76 Å². The molecule has 2 aromatic rings. The summed E-state index contributed by atoms with van der Waals surface area (Å²) in [6.45, 7) is 4.24. The number of ketones is 1. The lowest BCUT2D eigenvalue weighted by Gasteiger charge is -2.21. The van der Waals surface area contributed by atoms with E-state index in [-0.39, 0.29) is 23.0 Å². The molecule has 1 saturated heterocycles. The molecule has 2 aliphatic rings. The third-order valence-electron chi connectivity index (χ3n) is 5.70. The number of rotatable bonds is 4. The molecule has 0 amide bonds. The van der Waals surface area contributed by atoms with Crippen LogP contribution in [0.25, 0.3) is 6.08 Å². The first-order valence-electron chi connectivity index (χ1n) is 10.2. The number of hydrogen-bond donors (Lipinski definition) is 1. The predicted molar refractivity (Wildman–Crippen MR) is 113 cm³/mol. The minimum absolute atomic E-state index is 0.0143. The van der Waals surface area contributed by atoms with Gasteiger partial charge in [-0.1, -0.05) is 12.8 Å². The zero-order valence-electron chi connectivity index (χ0n) is 16.9. The maximum absolute atomic E-state index is 13.0. The molecule has 4 rings (SSSR count). The molecule has 2 heterocycles. The molecule has 156 valence electrons. The number of nitro benzene ring substituents is 1. The first-order chi connectivity index (χ1) is 14.4. The summed E-state index contributed by atoms with van der Waals surface area (Å²) < 4.78 is 5.96. The normalized spacial score (nSPS) is 18.2. The van der Waals surface area contributed by atoms with Crippen molar-refractivity contribution >= 4 is 17.5 Å². The highest BCUT2D eigenvalue weighted by molar-refractivity contribution is 6.15. The topological polar surface area (TPSA) is 92.9 Å². The van der Waals surface area contributed by atoms with Gasteiger partial charge in [0.05, 0.1) is 16.1 Å². The van der Waals surface area contributed by atoms with Gasteiger partial charge < -0.3 is 9.84 Å². The molecule has 0 radical (unpaired) electrons. The smallest absolute Gasteiger partial charge is 0.269 e. The molecule has 0 saturated carbocycles. The van der Waals surface area contributed by atoms with Crippen LogP contribution in [0.3, 0.4) is 0 Å². The van der Waals surface area contributed by atoms with Gasteiger partial charge in [-0.15, -0.1) is 0 Å². The number of non-ortho nitro benzene ring substituents is 1. The summed E-state index contributed by atoms with van der Waals surface area (Å²) in [5.74, 6) is 0.484. The number of carbonyl (C=O) groups excluding carboxylic acids is 1. The Morgan fingerprint density at radius 2 is 1.83 bits per heavy atom. The molecule has 1 N–H and O–H groups in total. The summed E-state index contributed by atoms with van der Waals surface area (Å²) in [5.41, 5.74) is 2.40. The summed E-state index contributed by atoms with van der Waals surface area (Å²) in [4.78, 5) is 25.7. The number of phenolic OH excluding ortho intramolecular Hbond substituents is 1. The number of ether oxygens (including phenoxy) is 1. The van der Waals surface area contributed by atoms with Gasteiger partial charge >= 0.3 is 0 Å². The van der Waals surface area contributed by atoms with E-state index >= 15 is 0 Å². The highest BCUT2D eigenvalue weighted by atomic mass is 16.6. The van der Waals surface area contributed by atoms with Gasteiger partial charge in [-0.25, -0.2) is 0 Å². The second-order valence-electron chi connectivity index (χ2n) is 7.87. The van der Waals surface area contributed by atoms with Crippen molar-refractivity contribution in [2.45, 2.75) is 39.2 Å². The SMILES string of the molecule is Cc1cc(O)c(CN2CCCCCC2)c2c1C(=O)/C(=C/c1ccc([N+](=O)[O-])cc1)O2. The van der Waals surface area contributed by atoms with Crippen LogP contribution in [-0.2, 0) is 6.54 Å². The van der Waals surface area contributed by atoms with E-state index in [1.165, 1.54) is 25.0 Å². The third kappa shape index (κ3) is 3.93. The first kappa shape index (κ1) is 20.1. The van der Waals surface area contributed by atoms with Crippen LogP contribution in [0.5, 0.6) is 11.5 Å². The molecule has 0 atom stereocenters. The number of allylic oxidation sites excluding steroid dienone is 1. The number of carbonyl (C=O) groups is 1. The Morgan fingerprint density at radius 3 is 2.47 bits per heavy atom. The van der Waals surface area contributed by atoms with E-state index in [0.717, 1.165) is 25.9 Å². The minimum atomic E-state index is -0.467. The molecule has 0 bridgehead atoms. The van der Waals surface area contributed by atoms with Crippen molar-refractivity contribution < 1.29 is 19.6 Å². The van der Waals surface area contributed by atoms with Crippen LogP contribution in [0.15, 0.2) is 36.1 Å². The van der Waals surface area contributed by atoms with Crippen molar-refractivity contribution in [1.82, 2.24) is 4.90 Å². The molecule has 0 unspecified atom stereocenters. The number of benzene rings is 2. The number of nitro groups is 1. The van der Waals surface area contributed by atoms with Crippen LogP contribution >= 0.6 is 0 Å². The van der Waals surface area contributed by atoms with Crippen molar-refractivity contribution in [3.8, 4) is 11.5 Å². The van der Waals surface area contributed by atoms with Crippen LogP contribution < -0.4 is 4.74 Å². The summed E-state index contributed by atoms with van der Waals surface area (Å²) in [7, 11) is 0. The summed E-state index contributed by atoms with van der Waals surface area (Å²) >= 11 is 0. The Hall–Kier alpha value is -3.19. The van der Waals surface area contributed by atoms with Crippen LogP contribution in [-0.4, -0.2) is 33.8 Å². The Bertz CT molecular complexity index is 1020. The van der Waals surface area contributed by atoms with Crippen LogP contribution in [0, 0.1) is 17.0 Å². The average molecular weight is 408 g/mol. The fourth-order valence-corrected chi connectivity index (χ4v) is 4.09. The van der Waals surface area contributed by atoms with Crippen LogP contribution in [0.1, 0.15) is 52.7 Å². The molecule has 0 aliphatic carbocycles. The number of hydrogen-bond acceptors (Lipinski definition) is 6. The fraction of sp³-hybridized carbons (Fsp3) is 0.348. The largest absolute Gasteiger partial charge is 0.507 e. The van der Waals surface area contributed by atoms with E-state index in [0.29, 0.717) is 34.5 Å². The van der Waals surface area contributed by atoms with Crippen molar-refractivity contribution in [3.05, 3.63) is 68.5 Å². The predicted octanol–water partition coefficient (Wildman–Crippen LogP) is 4.60. The van der Waals surface area contributed by atoms with Gasteiger partial charge in [-0.05, 0) is 68.3 Å². The summed E-state index contributed by atoms with van der Waals surface area (Å²) in [6, 6.07) is 7.56. The maximum Gasteiger partial charge on any atom is 0.269 e. The van der Waals surface area contributed by atoms with E-state index in [9.17, 15) is 20.0 Å². The molecule has 0 aromatic heterocycles. The van der Waals surface area contributed by atoms with Gasteiger partial charge in [0.2, 0.25) is 5.78 Å². The lowest BCUT2D eigenvalue weighted by atomic mass is 9.99. The van der Waals surface area contributed by atoms with Crippen LogP contribution in [0.4, 0.5) is 5.69 Å². The molecule has 1 fully saturated rings. The molecule has 0 spiro atoms. The average Bonchev–Trinajstić information content (AvgIpc) is 2.88. The number of aryl methyl sites for hydroxylation is 1. The first-order valence-corrected chi connectivity index (χ1v) is 10.2. The van der Waals surface area contributed by atoms with Crippen molar-refractivity contribution in [2.75, 3.05) is 13.1 Å².